The van der Waals surface area contributed by atoms with Crippen LogP contribution in [-0.2, 0) is 0 Å². The van der Waals surface area contributed by atoms with Crippen molar-refractivity contribution in [3.05, 3.63) is 23.4 Å². The molecule has 1 aromatic rings. The topological polar surface area (TPSA) is 83.8 Å². The van der Waals surface area contributed by atoms with Crippen molar-refractivity contribution < 1.29 is 4.79 Å². The lowest BCUT2D eigenvalue weighted by Gasteiger charge is -2.12. The summed E-state index contributed by atoms with van der Waals surface area (Å²) in [6, 6.07) is 0. The molecule has 2 rings (SSSR count). The quantitative estimate of drug-likeness (QED) is 0.692. The predicted molar refractivity (Wildman–Crippen MR) is 66.5 cm³/mol. The van der Waals surface area contributed by atoms with Gasteiger partial charge in [-0.2, -0.15) is 5.10 Å². The fourth-order valence-electron chi connectivity index (χ4n) is 2.04. The number of aromatic nitrogens is 2. The Hall–Kier alpha value is -1.78. The van der Waals surface area contributed by atoms with Gasteiger partial charge in [0, 0.05) is 6.54 Å². The number of nitrogens with two attached hydrogens (primary N) is 1. The first-order valence-corrected chi connectivity index (χ1v) is 6.02. The van der Waals surface area contributed by atoms with E-state index >= 15 is 0 Å². The summed E-state index contributed by atoms with van der Waals surface area (Å²) in [6.45, 7) is 0.662. The van der Waals surface area contributed by atoms with E-state index in [1.807, 2.05) is 0 Å². The second-order valence-electron chi connectivity index (χ2n) is 4.31. The van der Waals surface area contributed by atoms with E-state index in [2.05, 4.69) is 21.6 Å². The summed E-state index contributed by atoms with van der Waals surface area (Å²) in [5.41, 5.74) is 7.44. The van der Waals surface area contributed by atoms with Gasteiger partial charge in [-0.3, -0.25) is 9.89 Å². The van der Waals surface area contributed by atoms with Crippen LogP contribution in [0.4, 0.5) is 5.82 Å². The highest BCUT2D eigenvalue weighted by atomic mass is 16.1. The van der Waals surface area contributed by atoms with Crippen LogP contribution in [0.3, 0.4) is 0 Å². The summed E-state index contributed by atoms with van der Waals surface area (Å²) < 4.78 is 0. The van der Waals surface area contributed by atoms with Crippen LogP contribution in [-0.4, -0.2) is 22.6 Å². The van der Waals surface area contributed by atoms with E-state index in [1.54, 1.807) is 0 Å². The summed E-state index contributed by atoms with van der Waals surface area (Å²) in [5.74, 6) is 0.159. The van der Waals surface area contributed by atoms with Crippen LogP contribution in [0.25, 0.3) is 0 Å². The molecule has 1 aliphatic rings. The Labute approximate surface area is 100 Å². The van der Waals surface area contributed by atoms with Crippen molar-refractivity contribution >= 4 is 11.7 Å². The molecule has 4 N–H and O–H groups in total. The molecule has 17 heavy (non-hydrogen) atoms. The molecule has 0 fully saturated rings. The zero-order valence-corrected chi connectivity index (χ0v) is 9.83. The lowest BCUT2D eigenvalue weighted by atomic mass is 9.97. The molecule has 0 saturated carbocycles. The van der Waals surface area contributed by atoms with Crippen LogP contribution in [0.1, 0.15) is 42.5 Å². The number of H-pyrrole nitrogens is 1. The molecule has 0 radical (unpaired) electrons. The number of rotatable bonds is 4. The monoisotopic (exact) mass is 234 g/mol. The minimum Gasteiger partial charge on any atom is -0.383 e. The SMILES string of the molecule is Nc1[nH]ncc1C(=O)NCCC1=CCCCC1. The average Bonchev–Trinajstić information content (AvgIpc) is 2.77. The number of amides is 1. The summed E-state index contributed by atoms with van der Waals surface area (Å²) in [6.07, 6.45) is 9.59. The highest BCUT2D eigenvalue weighted by molar-refractivity contribution is 5.98. The maximum Gasteiger partial charge on any atom is 0.256 e. The molecule has 0 bridgehead atoms. The van der Waals surface area contributed by atoms with E-state index in [0.717, 1.165) is 6.42 Å². The molecule has 1 amide bonds. The van der Waals surface area contributed by atoms with Gasteiger partial charge in [0.15, 0.2) is 0 Å². The molecule has 0 aromatic carbocycles. The number of nitrogen functional groups attached to an aromatic ring is 1. The van der Waals surface area contributed by atoms with Gasteiger partial charge in [-0.15, -0.1) is 0 Å². The zero-order valence-electron chi connectivity index (χ0n) is 9.83. The molecule has 1 aliphatic carbocycles. The Kier molecular flexibility index (Phi) is 3.80. The summed E-state index contributed by atoms with van der Waals surface area (Å²) in [5, 5.41) is 9.12. The summed E-state index contributed by atoms with van der Waals surface area (Å²) >= 11 is 0. The van der Waals surface area contributed by atoms with Crippen molar-refractivity contribution in [2.75, 3.05) is 12.3 Å². The Morgan fingerprint density at radius 1 is 1.53 bits per heavy atom. The molecule has 5 heteroatoms. The maximum atomic E-state index is 11.7. The first-order chi connectivity index (χ1) is 8.27. The Bertz CT molecular complexity index is 422. The van der Waals surface area contributed by atoms with Crippen LogP contribution in [0, 0.1) is 0 Å². The first-order valence-electron chi connectivity index (χ1n) is 6.02. The standard InChI is InChI=1S/C12H18N4O/c13-11-10(8-15-16-11)12(17)14-7-6-9-4-2-1-3-5-9/h4,8H,1-3,5-7H2,(H,14,17)(H3,13,15,16). The van der Waals surface area contributed by atoms with Crippen molar-refractivity contribution in [2.24, 2.45) is 0 Å². The van der Waals surface area contributed by atoms with Crippen LogP contribution in [0.2, 0.25) is 0 Å². The molecule has 0 spiro atoms. The maximum absolute atomic E-state index is 11.7. The molecule has 0 saturated heterocycles. The highest BCUT2D eigenvalue weighted by Crippen LogP contribution is 2.19. The molecular weight excluding hydrogens is 216 g/mol. The van der Waals surface area contributed by atoms with E-state index in [1.165, 1.54) is 37.5 Å². The number of anilines is 1. The van der Waals surface area contributed by atoms with E-state index in [4.69, 9.17) is 5.73 Å². The lowest BCUT2D eigenvalue weighted by Crippen LogP contribution is -2.25. The van der Waals surface area contributed by atoms with Crippen LogP contribution < -0.4 is 11.1 Å². The normalized spacial score (nSPS) is 15.4. The number of hydrogen-bond donors (Lipinski definition) is 3. The Morgan fingerprint density at radius 3 is 3.06 bits per heavy atom. The van der Waals surface area contributed by atoms with Gasteiger partial charge in [0.25, 0.3) is 5.91 Å². The number of nitrogens with zero attached hydrogens (tertiary/aromatic N) is 1. The van der Waals surface area contributed by atoms with Gasteiger partial charge in [-0.25, -0.2) is 0 Å². The number of carbonyl (C=O) groups is 1. The Morgan fingerprint density at radius 2 is 2.41 bits per heavy atom. The molecule has 0 unspecified atom stereocenters. The lowest BCUT2D eigenvalue weighted by molar-refractivity contribution is 0.0955. The van der Waals surface area contributed by atoms with Gasteiger partial charge in [-0.05, 0) is 32.1 Å². The van der Waals surface area contributed by atoms with Gasteiger partial charge in [0.05, 0.1) is 6.20 Å². The predicted octanol–water partition coefficient (Wildman–Crippen LogP) is 1.61. The molecule has 0 aliphatic heterocycles. The minimum atomic E-state index is -0.160. The highest BCUT2D eigenvalue weighted by Gasteiger charge is 2.11. The number of hydrogen-bond acceptors (Lipinski definition) is 3. The van der Waals surface area contributed by atoms with Gasteiger partial charge in [0.1, 0.15) is 11.4 Å². The number of carbonyl (C=O) groups excluding carboxylic acids is 1. The third kappa shape index (κ3) is 3.09. The fourth-order valence-corrected chi connectivity index (χ4v) is 2.04. The second kappa shape index (κ2) is 5.52. The fraction of sp³-hybridized carbons (Fsp3) is 0.500. The second-order valence-corrected chi connectivity index (χ2v) is 4.31. The van der Waals surface area contributed by atoms with Crippen LogP contribution >= 0.6 is 0 Å². The first kappa shape index (κ1) is 11.7. The summed E-state index contributed by atoms with van der Waals surface area (Å²) in [7, 11) is 0. The van der Waals surface area contributed by atoms with Gasteiger partial charge >= 0.3 is 0 Å². The number of aromatic amines is 1. The number of nitrogens with one attached hydrogen (secondary N) is 2. The van der Waals surface area contributed by atoms with Gasteiger partial charge in [-0.1, -0.05) is 11.6 Å². The number of allylic oxidation sites excluding steroid dienone is 1. The van der Waals surface area contributed by atoms with Gasteiger partial charge < -0.3 is 11.1 Å². The third-order valence-electron chi connectivity index (χ3n) is 3.03. The van der Waals surface area contributed by atoms with Crippen molar-refractivity contribution in [1.82, 2.24) is 15.5 Å². The molecule has 1 heterocycles. The van der Waals surface area contributed by atoms with Crippen molar-refractivity contribution in [3.8, 4) is 0 Å². The minimum absolute atomic E-state index is 0.160. The third-order valence-corrected chi connectivity index (χ3v) is 3.03. The largest absolute Gasteiger partial charge is 0.383 e. The molecular formula is C12H18N4O. The summed E-state index contributed by atoms with van der Waals surface area (Å²) in [4.78, 5) is 11.7. The van der Waals surface area contributed by atoms with E-state index in [0.29, 0.717) is 17.9 Å². The molecule has 1 aromatic heterocycles. The van der Waals surface area contributed by atoms with Crippen molar-refractivity contribution in [1.29, 1.82) is 0 Å². The van der Waals surface area contributed by atoms with E-state index in [-0.39, 0.29) is 5.91 Å². The van der Waals surface area contributed by atoms with Crippen molar-refractivity contribution in [2.45, 2.75) is 32.1 Å². The molecule has 0 atom stereocenters. The zero-order chi connectivity index (χ0) is 12.1. The van der Waals surface area contributed by atoms with E-state index in [9.17, 15) is 4.79 Å². The van der Waals surface area contributed by atoms with E-state index < -0.39 is 0 Å². The molecule has 5 nitrogen and oxygen atoms in total. The Balaban J connectivity index is 1.77. The van der Waals surface area contributed by atoms with Gasteiger partial charge in [0.2, 0.25) is 0 Å². The smallest absolute Gasteiger partial charge is 0.256 e. The van der Waals surface area contributed by atoms with Crippen LogP contribution in [0.15, 0.2) is 17.8 Å². The average molecular weight is 234 g/mol. The van der Waals surface area contributed by atoms with Crippen LogP contribution in [0.5, 0.6) is 0 Å². The van der Waals surface area contributed by atoms with Crippen molar-refractivity contribution in [3.63, 3.8) is 0 Å². The molecule has 92 valence electrons.